The van der Waals surface area contributed by atoms with Crippen molar-refractivity contribution in [3.63, 3.8) is 0 Å². The molecule has 1 heterocycles. The Hall–Kier alpha value is -2.21. The maximum atomic E-state index is 5.76. The Morgan fingerprint density at radius 2 is 1.73 bits per heavy atom. The molecule has 0 bridgehead atoms. The minimum absolute atomic E-state index is 0. The fourth-order valence-electron chi connectivity index (χ4n) is 2.82. The SMILES string of the molecule is Cc1ccccc1-c1nc(CN(CCN)CCc2ccccc2)no1.Cl. The molecule has 3 aromatic rings. The maximum Gasteiger partial charge on any atom is 0.258 e. The van der Waals surface area contributed by atoms with E-state index in [1.54, 1.807) is 0 Å². The Bertz CT molecular complexity index is 791. The highest BCUT2D eigenvalue weighted by atomic mass is 35.5. The van der Waals surface area contributed by atoms with E-state index in [2.05, 4.69) is 39.3 Å². The van der Waals surface area contributed by atoms with Crippen molar-refractivity contribution in [3.05, 3.63) is 71.5 Å². The summed E-state index contributed by atoms with van der Waals surface area (Å²) in [5.41, 5.74) is 9.19. The summed E-state index contributed by atoms with van der Waals surface area (Å²) in [7, 11) is 0. The van der Waals surface area contributed by atoms with Crippen molar-refractivity contribution in [3.8, 4) is 11.5 Å². The van der Waals surface area contributed by atoms with Gasteiger partial charge in [0.1, 0.15) is 0 Å². The van der Waals surface area contributed by atoms with Crippen LogP contribution < -0.4 is 5.73 Å². The summed E-state index contributed by atoms with van der Waals surface area (Å²) in [6, 6.07) is 18.5. The summed E-state index contributed by atoms with van der Waals surface area (Å²) in [4.78, 5) is 6.82. The molecule has 6 heteroatoms. The Balaban J connectivity index is 0.00000243. The van der Waals surface area contributed by atoms with Crippen LogP contribution >= 0.6 is 12.4 Å². The molecule has 0 aliphatic rings. The van der Waals surface area contributed by atoms with Gasteiger partial charge in [-0.05, 0) is 30.5 Å². The van der Waals surface area contributed by atoms with Gasteiger partial charge in [0.05, 0.1) is 6.54 Å². The van der Waals surface area contributed by atoms with Gasteiger partial charge in [0, 0.05) is 25.2 Å². The van der Waals surface area contributed by atoms with Crippen LogP contribution in [0.25, 0.3) is 11.5 Å². The normalized spacial score (nSPS) is 10.7. The second-order valence-electron chi connectivity index (χ2n) is 6.13. The molecule has 0 unspecified atom stereocenters. The summed E-state index contributed by atoms with van der Waals surface area (Å²) in [5, 5.41) is 4.14. The lowest BCUT2D eigenvalue weighted by atomic mass is 10.1. The fraction of sp³-hybridized carbons (Fsp3) is 0.300. The molecular weight excluding hydrogens is 348 g/mol. The molecular formula is C20H25ClN4O. The number of aromatic nitrogens is 2. The number of nitrogens with two attached hydrogens (primary N) is 1. The lowest BCUT2D eigenvalue weighted by molar-refractivity contribution is 0.264. The van der Waals surface area contributed by atoms with E-state index in [4.69, 9.17) is 10.3 Å². The van der Waals surface area contributed by atoms with Crippen LogP contribution in [-0.4, -0.2) is 34.7 Å². The van der Waals surface area contributed by atoms with Gasteiger partial charge in [-0.3, -0.25) is 4.90 Å². The lowest BCUT2D eigenvalue weighted by Gasteiger charge is -2.19. The van der Waals surface area contributed by atoms with Crippen molar-refractivity contribution in [1.29, 1.82) is 0 Å². The molecule has 0 aliphatic heterocycles. The molecule has 5 nitrogen and oxygen atoms in total. The summed E-state index contributed by atoms with van der Waals surface area (Å²) < 4.78 is 5.45. The van der Waals surface area contributed by atoms with Crippen LogP contribution in [-0.2, 0) is 13.0 Å². The Morgan fingerprint density at radius 3 is 2.46 bits per heavy atom. The summed E-state index contributed by atoms with van der Waals surface area (Å²) in [6.45, 7) is 5.01. The number of nitrogens with zero attached hydrogens (tertiary/aromatic N) is 3. The number of hydrogen-bond acceptors (Lipinski definition) is 5. The summed E-state index contributed by atoms with van der Waals surface area (Å²) in [5.74, 6) is 1.27. The Labute approximate surface area is 160 Å². The van der Waals surface area contributed by atoms with Crippen LogP contribution in [0.4, 0.5) is 0 Å². The van der Waals surface area contributed by atoms with Crippen molar-refractivity contribution < 1.29 is 4.52 Å². The molecule has 0 aliphatic carbocycles. The van der Waals surface area contributed by atoms with E-state index in [1.165, 1.54) is 5.56 Å². The number of rotatable bonds is 8. The van der Waals surface area contributed by atoms with Crippen LogP contribution in [0.3, 0.4) is 0 Å². The third-order valence-electron chi connectivity index (χ3n) is 4.21. The zero-order valence-electron chi connectivity index (χ0n) is 15.0. The molecule has 0 saturated heterocycles. The molecule has 138 valence electrons. The molecule has 0 fully saturated rings. The van der Waals surface area contributed by atoms with Gasteiger partial charge < -0.3 is 10.3 Å². The van der Waals surface area contributed by atoms with Crippen LogP contribution in [0.2, 0.25) is 0 Å². The number of hydrogen-bond donors (Lipinski definition) is 1. The van der Waals surface area contributed by atoms with Gasteiger partial charge in [0.15, 0.2) is 5.82 Å². The minimum atomic E-state index is 0. The monoisotopic (exact) mass is 372 g/mol. The third kappa shape index (κ3) is 5.39. The predicted molar refractivity (Wildman–Crippen MR) is 106 cm³/mol. The van der Waals surface area contributed by atoms with Gasteiger partial charge in [0.25, 0.3) is 5.89 Å². The zero-order valence-corrected chi connectivity index (χ0v) is 15.8. The van der Waals surface area contributed by atoms with E-state index < -0.39 is 0 Å². The number of halogens is 1. The Kier molecular flexibility index (Phi) is 7.78. The van der Waals surface area contributed by atoms with Crippen molar-refractivity contribution >= 4 is 12.4 Å². The third-order valence-corrected chi connectivity index (χ3v) is 4.21. The molecule has 1 aromatic heterocycles. The van der Waals surface area contributed by atoms with E-state index in [1.807, 2.05) is 37.3 Å². The van der Waals surface area contributed by atoms with E-state index in [9.17, 15) is 0 Å². The first-order chi connectivity index (χ1) is 12.3. The predicted octanol–water partition coefficient (Wildman–Crippen LogP) is 3.47. The van der Waals surface area contributed by atoms with E-state index in [0.717, 1.165) is 30.6 Å². The van der Waals surface area contributed by atoms with Crippen LogP contribution in [0, 0.1) is 6.92 Å². The van der Waals surface area contributed by atoms with Gasteiger partial charge in [-0.2, -0.15) is 4.98 Å². The first kappa shape index (κ1) is 20.1. The number of aryl methyl sites for hydroxylation is 1. The van der Waals surface area contributed by atoms with Crippen molar-refractivity contribution in [2.75, 3.05) is 19.6 Å². The molecule has 0 amide bonds. The molecule has 2 aromatic carbocycles. The van der Waals surface area contributed by atoms with Crippen molar-refractivity contribution in [2.45, 2.75) is 19.9 Å². The zero-order chi connectivity index (χ0) is 17.5. The molecule has 0 radical (unpaired) electrons. The van der Waals surface area contributed by atoms with Gasteiger partial charge in [0.2, 0.25) is 0 Å². The van der Waals surface area contributed by atoms with Crippen LogP contribution in [0.5, 0.6) is 0 Å². The van der Waals surface area contributed by atoms with E-state index in [-0.39, 0.29) is 12.4 Å². The molecule has 0 atom stereocenters. The number of benzene rings is 2. The first-order valence-electron chi connectivity index (χ1n) is 8.61. The smallest absolute Gasteiger partial charge is 0.258 e. The standard InChI is InChI=1S/C20H24N4O.ClH/c1-16-7-5-6-10-18(16)20-22-19(23-25-20)15-24(14-12-21)13-11-17-8-3-2-4-9-17;/h2-10H,11-15,21H2,1H3;1H. The van der Waals surface area contributed by atoms with Gasteiger partial charge in [-0.25, -0.2) is 0 Å². The minimum Gasteiger partial charge on any atom is -0.334 e. The highest BCUT2D eigenvalue weighted by Crippen LogP contribution is 2.21. The van der Waals surface area contributed by atoms with Gasteiger partial charge >= 0.3 is 0 Å². The summed E-state index contributed by atoms with van der Waals surface area (Å²) in [6.07, 6.45) is 0.976. The molecule has 0 spiro atoms. The van der Waals surface area contributed by atoms with Gasteiger partial charge in [-0.15, -0.1) is 12.4 Å². The topological polar surface area (TPSA) is 68.2 Å². The molecule has 0 saturated carbocycles. The lowest BCUT2D eigenvalue weighted by Crippen LogP contribution is -2.31. The van der Waals surface area contributed by atoms with Gasteiger partial charge in [-0.1, -0.05) is 53.7 Å². The highest BCUT2D eigenvalue weighted by molar-refractivity contribution is 5.85. The quantitative estimate of drug-likeness (QED) is 0.655. The fourth-order valence-corrected chi connectivity index (χ4v) is 2.82. The van der Waals surface area contributed by atoms with Crippen molar-refractivity contribution in [2.24, 2.45) is 5.73 Å². The summed E-state index contributed by atoms with van der Waals surface area (Å²) >= 11 is 0. The second kappa shape index (κ2) is 10.1. The molecule has 26 heavy (non-hydrogen) atoms. The van der Waals surface area contributed by atoms with Crippen LogP contribution in [0.1, 0.15) is 17.0 Å². The maximum absolute atomic E-state index is 5.76. The average Bonchev–Trinajstić information content (AvgIpc) is 3.09. The van der Waals surface area contributed by atoms with E-state index >= 15 is 0 Å². The molecule has 3 rings (SSSR count). The first-order valence-corrected chi connectivity index (χ1v) is 8.61. The van der Waals surface area contributed by atoms with E-state index in [0.29, 0.717) is 24.8 Å². The molecule has 2 N–H and O–H groups in total. The van der Waals surface area contributed by atoms with Crippen molar-refractivity contribution in [1.82, 2.24) is 15.0 Å². The largest absolute Gasteiger partial charge is 0.334 e. The second-order valence-corrected chi connectivity index (χ2v) is 6.13. The average molecular weight is 373 g/mol. The highest BCUT2D eigenvalue weighted by Gasteiger charge is 2.14. The van der Waals surface area contributed by atoms with Crippen LogP contribution in [0.15, 0.2) is 59.1 Å². The Morgan fingerprint density at radius 1 is 1.00 bits per heavy atom.